The molecule has 1 aliphatic carbocycles. The molecular formula is C17H14O2. The van der Waals surface area contributed by atoms with Gasteiger partial charge in [-0.05, 0) is 30.0 Å². The molecule has 0 N–H and O–H groups in total. The molecule has 0 saturated carbocycles. The van der Waals surface area contributed by atoms with E-state index in [4.69, 9.17) is 6.11 Å². The Morgan fingerprint density at radius 1 is 1.11 bits per heavy atom. The Balaban J connectivity index is 2.03. The van der Waals surface area contributed by atoms with Crippen LogP contribution in [0.3, 0.4) is 0 Å². The van der Waals surface area contributed by atoms with Gasteiger partial charge in [-0.1, -0.05) is 42.4 Å². The van der Waals surface area contributed by atoms with Gasteiger partial charge in [0.25, 0.3) is 0 Å². The molecule has 0 unspecified atom stereocenters. The lowest BCUT2D eigenvalue weighted by molar-refractivity contribution is -0.136. The Bertz CT molecular complexity index is 723. The van der Waals surface area contributed by atoms with E-state index in [2.05, 4.69) is 6.07 Å². The van der Waals surface area contributed by atoms with Gasteiger partial charge in [0, 0.05) is 11.0 Å². The smallest absolute Gasteiger partial charge is 0.312 e. The van der Waals surface area contributed by atoms with Crippen LogP contribution >= 0.6 is 0 Å². The van der Waals surface area contributed by atoms with E-state index in [1.807, 2.05) is 36.4 Å². The molecule has 1 heterocycles. The summed E-state index contributed by atoms with van der Waals surface area (Å²) < 4.78 is 13.6. The molecule has 0 bridgehead atoms. The summed E-state index contributed by atoms with van der Waals surface area (Å²) in [6, 6.07) is 14.1. The third kappa shape index (κ3) is 1.40. The van der Waals surface area contributed by atoms with Gasteiger partial charge in [-0.15, -0.1) is 0 Å². The maximum atomic E-state index is 12.0. The van der Waals surface area contributed by atoms with Gasteiger partial charge in [-0.2, -0.15) is 0 Å². The van der Waals surface area contributed by atoms with E-state index in [9.17, 15) is 4.79 Å². The lowest BCUT2D eigenvalue weighted by Gasteiger charge is -2.35. The highest BCUT2D eigenvalue weighted by molar-refractivity contribution is 5.80. The molecule has 2 nitrogen and oxygen atoms in total. The number of benzene rings is 2. The summed E-state index contributed by atoms with van der Waals surface area (Å²) in [6.45, 7) is 0. The van der Waals surface area contributed by atoms with Crippen molar-refractivity contribution in [1.82, 2.24) is 0 Å². The first-order valence-corrected chi connectivity index (χ1v) is 6.60. The van der Waals surface area contributed by atoms with Gasteiger partial charge in [0.05, 0.1) is 7.79 Å². The number of hydrogen-bond acceptors (Lipinski definition) is 2. The van der Waals surface area contributed by atoms with Crippen LogP contribution in [0.1, 0.15) is 30.9 Å². The number of fused-ring (bicyclic) bond motifs is 4. The lowest BCUT2D eigenvalue weighted by atomic mass is 9.71. The number of para-hydroxylation sites is 1. The highest BCUT2D eigenvalue weighted by atomic mass is 16.5. The Morgan fingerprint density at radius 3 is 2.89 bits per heavy atom. The first-order chi connectivity index (χ1) is 9.71. The Hall–Kier alpha value is -2.09. The second-order valence-electron chi connectivity index (χ2n) is 5.30. The molecule has 1 spiro atoms. The van der Waals surface area contributed by atoms with Gasteiger partial charge in [-0.3, -0.25) is 4.79 Å². The largest absolute Gasteiger partial charge is 0.426 e. The van der Waals surface area contributed by atoms with Crippen molar-refractivity contribution in [3.63, 3.8) is 0 Å². The molecule has 94 valence electrons. The number of rotatable bonds is 0. The van der Waals surface area contributed by atoms with Crippen molar-refractivity contribution in [1.29, 1.82) is 0 Å². The van der Waals surface area contributed by atoms with E-state index in [1.54, 1.807) is 0 Å². The van der Waals surface area contributed by atoms with Crippen LogP contribution in [-0.4, -0.2) is 5.97 Å². The fraction of sp³-hybridized carbons (Fsp3) is 0.235. The van der Waals surface area contributed by atoms with Crippen molar-refractivity contribution < 1.29 is 10.9 Å². The molecule has 1 atom stereocenters. The normalized spacial score (nSPS) is 24.6. The van der Waals surface area contributed by atoms with Gasteiger partial charge in [0.1, 0.15) is 5.75 Å². The van der Waals surface area contributed by atoms with Crippen LogP contribution in [0, 0.1) is 0 Å². The summed E-state index contributed by atoms with van der Waals surface area (Å²) in [5.41, 5.74) is 2.91. The summed E-state index contributed by atoms with van der Waals surface area (Å²) in [5.74, 6) is 0.458. The monoisotopic (exact) mass is 251 g/mol. The van der Waals surface area contributed by atoms with Gasteiger partial charge < -0.3 is 4.74 Å². The van der Waals surface area contributed by atoms with Crippen LogP contribution in [0.4, 0.5) is 0 Å². The number of hydrogen-bond donors (Lipinski definition) is 0. The number of esters is 1. The number of aryl methyl sites for hydroxylation is 1. The molecule has 0 amide bonds. The zero-order chi connectivity index (χ0) is 13.7. The summed E-state index contributed by atoms with van der Waals surface area (Å²) in [5, 5.41) is 0. The third-order valence-corrected chi connectivity index (χ3v) is 4.31. The average molecular weight is 251 g/mol. The minimum Gasteiger partial charge on any atom is -0.426 e. The minimum atomic E-state index is -0.362. The predicted octanol–water partition coefficient (Wildman–Crippen LogP) is 3.23. The second kappa shape index (κ2) is 3.70. The molecule has 19 heavy (non-hydrogen) atoms. The van der Waals surface area contributed by atoms with Crippen molar-refractivity contribution in [2.24, 2.45) is 0 Å². The van der Waals surface area contributed by atoms with Crippen LogP contribution in [0.2, 0.25) is 0 Å². The van der Waals surface area contributed by atoms with Gasteiger partial charge >= 0.3 is 5.97 Å². The molecule has 0 saturated heterocycles. The highest BCUT2D eigenvalue weighted by Crippen LogP contribution is 2.51. The van der Waals surface area contributed by atoms with E-state index in [1.165, 1.54) is 5.56 Å². The van der Waals surface area contributed by atoms with Crippen LogP contribution in [0.5, 0.6) is 5.75 Å². The SMILES string of the molecule is [2H]c1cccc2c1[C@@]1(CC2)CC(=O)Oc2ccccc21. The van der Waals surface area contributed by atoms with Crippen molar-refractivity contribution in [3.8, 4) is 5.75 Å². The predicted molar refractivity (Wildman–Crippen MR) is 72.2 cm³/mol. The topological polar surface area (TPSA) is 26.3 Å². The Labute approximate surface area is 113 Å². The third-order valence-electron chi connectivity index (χ3n) is 4.31. The van der Waals surface area contributed by atoms with Crippen molar-refractivity contribution in [3.05, 3.63) is 65.2 Å². The van der Waals surface area contributed by atoms with Crippen LogP contribution in [-0.2, 0) is 16.6 Å². The Kier molecular flexibility index (Phi) is 1.91. The summed E-state index contributed by atoms with van der Waals surface area (Å²) in [6.07, 6.45) is 2.14. The lowest BCUT2D eigenvalue weighted by Crippen LogP contribution is -2.35. The molecule has 2 aromatic carbocycles. The van der Waals surface area contributed by atoms with E-state index < -0.39 is 0 Å². The summed E-state index contributed by atoms with van der Waals surface area (Å²) in [7, 11) is 0. The van der Waals surface area contributed by atoms with Crippen LogP contribution in [0.15, 0.2) is 48.5 Å². The molecule has 2 aliphatic rings. The van der Waals surface area contributed by atoms with Gasteiger partial charge in [-0.25, -0.2) is 0 Å². The first-order valence-electron chi connectivity index (χ1n) is 7.10. The van der Waals surface area contributed by atoms with Crippen LogP contribution < -0.4 is 4.74 Å². The molecular weight excluding hydrogens is 236 g/mol. The maximum Gasteiger partial charge on any atom is 0.312 e. The Morgan fingerprint density at radius 2 is 1.95 bits per heavy atom. The standard InChI is InChI=1S/C17H14O2/c18-16-11-17(14-7-3-4-8-15(14)19-16)10-9-12-5-1-2-6-13(12)17/h1-8H,9-11H2/t17-/m1/s1/i6D. The summed E-state index contributed by atoms with van der Waals surface area (Å²) in [4.78, 5) is 12.0. The fourth-order valence-corrected chi connectivity index (χ4v) is 3.50. The summed E-state index contributed by atoms with van der Waals surface area (Å²) >= 11 is 0. The van der Waals surface area contributed by atoms with E-state index in [-0.39, 0.29) is 11.4 Å². The number of ether oxygens (including phenoxy) is 1. The molecule has 0 fully saturated rings. The zero-order valence-electron chi connectivity index (χ0n) is 11.5. The molecule has 2 aromatic rings. The first kappa shape index (κ1) is 9.79. The molecule has 4 rings (SSSR count). The van der Waals surface area contributed by atoms with Crippen molar-refractivity contribution in [2.45, 2.75) is 24.7 Å². The average Bonchev–Trinajstić information content (AvgIpc) is 2.80. The second-order valence-corrected chi connectivity index (χ2v) is 5.30. The molecule has 2 heteroatoms. The van der Waals surface area contributed by atoms with Gasteiger partial charge in [0.2, 0.25) is 0 Å². The number of carbonyl (C=O) groups is 1. The fourth-order valence-electron chi connectivity index (χ4n) is 3.50. The zero-order valence-corrected chi connectivity index (χ0v) is 10.5. The van der Waals surface area contributed by atoms with Crippen molar-refractivity contribution >= 4 is 5.97 Å². The number of carbonyl (C=O) groups excluding carboxylic acids is 1. The van der Waals surface area contributed by atoms with E-state index >= 15 is 0 Å². The van der Waals surface area contributed by atoms with E-state index in [0.717, 1.165) is 24.0 Å². The minimum absolute atomic E-state index is 0.195. The molecule has 0 radical (unpaired) electrons. The molecule has 1 aliphatic heterocycles. The van der Waals surface area contributed by atoms with E-state index in [0.29, 0.717) is 18.2 Å². The van der Waals surface area contributed by atoms with Crippen LogP contribution in [0.25, 0.3) is 0 Å². The quantitative estimate of drug-likeness (QED) is 0.531. The van der Waals surface area contributed by atoms with Gasteiger partial charge in [0.15, 0.2) is 0 Å². The van der Waals surface area contributed by atoms with Crippen molar-refractivity contribution in [2.75, 3.05) is 0 Å². The molecule has 0 aromatic heterocycles. The highest BCUT2D eigenvalue weighted by Gasteiger charge is 2.46. The maximum absolute atomic E-state index is 12.0.